The molecule has 1 aliphatic heterocycles. The van der Waals surface area contributed by atoms with Crippen LogP contribution in [0.5, 0.6) is 0 Å². The fourth-order valence-corrected chi connectivity index (χ4v) is 2.92. The molecule has 0 bridgehead atoms. The van der Waals surface area contributed by atoms with Gasteiger partial charge in [0.15, 0.2) is 9.84 Å². The molecule has 0 spiro atoms. The molecule has 1 atom stereocenters. The first-order valence-electron chi connectivity index (χ1n) is 6.25. The largest absolute Gasteiger partial charge is 0.325 e. The summed E-state index contributed by atoms with van der Waals surface area (Å²) in [6.45, 7) is 0.880. The summed E-state index contributed by atoms with van der Waals surface area (Å²) in [5.74, 6) is -0.0147. The molecule has 0 radical (unpaired) electrons. The maximum atomic E-state index is 11.9. The van der Waals surface area contributed by atoms with E-state index in [1.54, 1.807) is 24.3 Å². The van der Waals surface area contributed by atoms with E-state index < -0.39 is 9.84 Å². The summed E-state index contributed by atoms with van der Waals surface area (Å²) in [7, 11) is -3.02. The topological polar surface area (TPSA) is 75.3 Å². The van der Waals surface area contributed by atoms with Gasteiger partial charge < -0.3 is 10.6 Å². The van der Waals surface area contributed by atoms with Crippen molar-refractivity contribution >= 4 is 33.8 Å². The third-order valence-electron chi connectivity index (χ3n) is 3.03. The second-order valence-corrected chi connectivity index (χ2v) is 7.05. The van der Waals surface area contributed by atoms with Gasteiger partial charge in [0, 0.05) is 11.9 Å². The van der Waals surface area contributed by atoms with Crippen LogP contribution in [0.2, 0.25) is 0 Å². The van der Waals surface area contributed by atoms with Crippen LogP contribution in [-0.2, 0) is 20.4 Å². The second kappa shape index (κ2) is 7.06. The average molecular weight is 319 g/mol. The van der Waals surface area contributed by atoms with Crippen molar-refractivity contribution < 1.29 is 13.2 Å². The van der Waals surface area contributed by atoms with Crippen LogP contribution in [0, 0.1) is 0 Å². The van der Waals surface area contributed by atoms with E-state index in [2.05, 4.69) is 10.6 Å². The molecule has 112 valence electrons. The van der Waals surface area contributed by atoms with Gasteiger partial charge in [0.1, 0.15) is 0 Å². The van der Waals surface area contributed by atoms with Gasteiger partial charge in [-0.15, -0.1) is 12.4 Å². The summed E-state index contributed by atoms with van der Waals surface area (Å²) in [5.41, 5.74) is 1.41. The number of benzene rings is 1. The molecule has 7 heteroatoms. The van der Waals surface area contributed by atoms with Crippen LogP contribution in [0.15, 0.2) is 24.3 Å². The third kappa shape index (κ3) is 5.11. The quantitative estimate of drug-likeness (QED) is 0.878. The fourth-order valence-electron chi connectivity index (χ4n) is 2.12. The van der Waals surface area contributed by atoms with E-state index in [1.807, 2.05) is 0 Å². The van der Waals surface area contributed by atoms with Crippen molar-refractivity contribution in [2.45, 2.75) is 24.6 Å². The van der Waals surface area contributed by atoms with Crippen molar-refractivity contribution in [3.05, 3.63) is 29.8 Å². The second-order valence-electron chi connectivity index (χ2n) is 4.91. The van der Waals surface area contributed by atoms with E-state index in [9.17, 15) is 13.2 Å². The lowest BCUT2D eigenvalue weighted by molar-refractivity contribution is -0.117. The average Bonchev–Trinajstić information content (AvgIpc) is 2.83. The lowest BCUT2D eigenvalue weighted by atomic mass is 10.2. The number of sulfone groups is 1. The van der Waals surface area contributed by atoms with Crippen molar-refractivity contribution in [3.63, 3.8) is 0 Å². The fraction of sp³-hybridized carbons (Fsp3) is 0.462. The predicted octanol–water partition coefficient (Wildman–Crippen LogP) is 1.34. The lowest BCUT2D eigenvalue weighted by Gasteiger charge is -2.11. The number of anilines is 1. The van der Waals surface area contributed by atoms with Crippen molar-refractivity contribution in [1.82, 2.24) is 5.32 Å². The molecular formula is C13H19ClN2O3S. The Morgan fingerprint density at radius 2 is 2.00 bits per heavy atom. The lowest BCUT2D eigenvalue weighted by Crippen LogP contribution is -2.35. The van der Waals surface area contributed by atoms with Gasteiger partial charge in [-0.25, -0.2) is 8.42 Å². The van der Waals surface area contributed by atoms with Crippen molar-refractivity contribution in [1.29, 1.82) is 0 Å². The van der Waals surface area contributed by atoms with E-state index in [4.69, 9.17) is 0 Å². The van der Waals surface area contributed by atoms with E-state index in [-0.39, 0.29) is 30.1 Å². The Morgan fingerprint density at radius 1 is 1.35 bits per heavy atom. The van der Waals surface area contributed by atoms with Gasteiger partial charge in [-0.3, -0.25) is 4.79 Å². The normalized spacial score (nSPS) is 18.4. The van der Waals surface area contributed by atoms with Crippen LogP contribution >= 0.6 is 12.4 Å². The van der Waals surface area contributed by atoms with Gasteiger partial charge in [0.05, 0.1) is 11.8 Å². The molecule has 1 saturated heterocycles. The van der Waals surface area contributed by atoms with Crippen molar-refractivity contribution in [2.75, 3.05) is 18.1 Å². The van der Waals surface area contributed by atoms with Crippen molar-refractivity contribution in [3.8, 4) is 0 Å². The first-order chi connectivity index (χ1) is 8.94. The molecule has 0 aliphatic carbocycles. The Morgan fingerprint density at radius 3 is 2.50 bits per heavy atom. The third-order valence-corrected chi connectivity index (χ3v) is 3.88. The predicted molar refractivity (Wildman–Crippen MR) is 81.9 cm³/mol. The first-order valence-corrected chi connectivity index (χ1v) is 8.31. The number of hydrogen-bond donors (Lipinski definition) is 2. The van der Waals surface area contributed by atoms with Crippen LogP contribution in [-0.4, -0.2) is 33.2 Å². The number of carbonyl (C=O) groups is 1. The van der Waals surface area contributed by atoms with Crippen LogP contribution in [0.3, 0.4) is 0 Å². The Kier molecular flexibility index (Phi) is 5.98. The molecule has 0 aromatic heterocycles. The maximum absolute atomic E-state index is 11.9. The minimum absolute atomic E-state index is 0. The Hall–Kier alpha value is -1.11. The summed E-state index contributed by atoms with van der Waals surface area (Å²) in [6.07, 6.45) is 3.08. The van der Waals surface area contributed by atoms with E-state index in [0.29, 0.717) is 5.69 Å². The SMILES string of the molecule is CS(=O)(=O)Cc1ccc(NC(=O)C2CCCN2)cc1.Cl. The van der Waals surface area contributed by atoms with Gasteiger partial charge >= 0.3 is 0 Å². The highest BCUT2D eigenvalue weighted by Gasteiger charge is 2.21. The van der Waals surface area contributed by atoms with E-state index in [0.717, 1.165) is 24.9 Å². The molecule has 1 aromatic rings. The standard InChI is InChI=1S/C13H18N2O3S.ClH/c1-19(17,18)9-10-4-6-11(7-5-10)15-13(16)12-3-2-8-14-12;/h4-7,12,14H,2-3,8-9H2,1H3,(H,15,16);1H. The molecule has 1 fully saturated rings. The highest BCUT2D eigenvalue weighted by molar-refractivity contribution is 7.89. The zero-order chi connectivity index (χ0) is 13.9. The first kappa shape index (κ1) is 16.9. The molecule has 1 aromatic carbocycles. The van der Waals surface area contributed by atoms with Crippen LogP contribution < -0.4 is 10.6 Å². The van der Waals surface area contributed by atoms with Gasteiger partial charge in [-0.1, -0.05) is 12.1 Å². The Balaban J connectivity index is 0.00000200. The summed E-state index contributed by atoms with van der Waals surface area (Å²) >= 11 is 0. The van der Waals surface area contributed by atoms with Crippen LogP contribution in [0.4, 0.5) is 5.69 Å². The zero-order valence-electron chi connectivity index (χ0n) is 11.3. The minimum atomic E-state index is -3.02. The molecule has 2 N–H and O–H groups in total. The highest BCUT2D eigenvalue weighted by Crippen LogP contribution is 2.13. The monoisotopic (exact) mass is 318 g/mol. The Labute approximate surface area is 125 Å². The number of carbonyl (C=O) groups excluding carboxylic acids is 1. The zero-order valence-corrected chi connectivity index (χ0v) is 12.9. The molecule has 1 heterocycles. The summed E-state index contributed by atoms with van der Waals surface area (Å²) in [6, 6.07) is 6.79. The number of halogens is 1. The summed E-state index contributed by atoms with van der Waals surface area (Å²) in [5, 5.41) is 5.95. The van der Waals surface area contributed by atoms with Gasteiger partial charge in [-0.05, 0) is 37.1 Å². The van der Waals surface area contributed by atoms with E-state index >= 15 is 0 Å². The molecule has 1 unspecified atom stereocenters. The number of hydrogen-bond acceptors (Lipinski definition) is 4. The minimum Gasteiger partial charge on any atom is -0.325 e. The highest BCUT2D eigenvalue weighted by atomic mass is 35.5. The molecule has 0 saturated carbocycles. The van der Waals surface area contributed by atoms with Crippen molar-refractivity contribution in [2.24, 2.45) is 0 Å². The molecule has 20 heavy (non-hydrogen) atoms. The summed E-state index contributed by atoms with van der Waals surface area (Å²) in [4.78, 5) is 11.9. The molecule has 2 rings (SSSR count). The maximum Gasteiger partial charge on any atom is 0.241 e. The number of amides is 1. The van der Waals surface area contributed by atoms with E-state index in [1.165, 1.54) is 6.26 Å². The Bertz CT molecular complexity index is 551. The smallest absolute Gasteiger partial charge is 0.241 e. The van der Waals surface area contributed by atoms with Crippen LogP contribution in [0.1, 0.15) is 18.4 Å². The number of nitrogens with one attached hydrogen (secondary N) is 2. The molecule has 5 nitrogen and oxygen atoms in total. The summed E-state index contributed by atoms with van der Waals surface area (Å²) < 4.78 is 22.3. The molecular weight excluding hydrogens is 300 g/mol. The number of rotatable bonds is 4. The van der Waals surface area contributed by atoms with Gasteiger partial charge in [0.2, 0.25) is 5.91 Å². The molecule has 1 aliphatic rings. The van der Waals surface area contributed by atoms with Crippen LogP contribution in [0.25, 0.3) is 0 Å². The molecule has 1 amide bonds. The van der Waals surface area contributed by atoms with Gasteiger partial charge in [0.25, 0.3) is 0 Å². The van der Waals surface area contributed by atoms with Gasteiger partial charge in [-0.2, -0.15) is 0 Å².